The maximum absolute atomic E-state index is 13.6. The SMILES string of the molecule is CC(CCc1ccco1)NS(=O)(=O)c1ccc(F)c(F)c1F. The molecule has 2 rings (SSSR count). The molecule has 0 aliphatic heterocycles. The van der Waals surface area contributed by atoms with Crippen molar-refractivity contribution in [2.75, 3.05) is 0 Å². The molecule has 1 unspecified atom stereocenters. The molecule has 1 aromatic heterocycles. The zero-order valence-corrected chi connectivity index (χ0v) is 12.5. The van der Waals surface area contributed by atoms with Crippen molar-refractivity contribution in [3.63, 3.8) is 0 Å². The summed E-state index contributed by atoms with van der Waals surface area (Å²) in [6.07, 6.45) is 2.38. The van der Waals surface area contributed by atoms with Crippen LogP contribution in [0.1, 0.15) is 19.1 Å². The molecule has 0 aliphatic carbocycles. The van der Waals surface area contributed by atoms with Crippen LogP contribution in [0.4, 0.5) is 13.2 Å². The number of furan rings is 1. The molecule has 0 spiro atoms. The van der Waals surface area contributed by atoms with E-state index in [-0.39, 0.29) is 0 Å². The molecule has 1 heterocycles. The molecular weight excluding hydrogens is 319 g/mol. The molecule has 1 atom stereocenters. The summed E-state index contributed by atoms with van der Waals surface area (Å²) in [6, 6.07) is 4.18. The summed E-state index contributed by atoms with van der Waals surface area (Å²) in [6.45, 7) is 1.58. The molecule has 0 bridgehead atoms. The van der Waals surface area contributed by atoms with E-state index in [4.69, 9.17) is 4.42 Å². The fourth-order valence-corrected chi connectivity index (χ4v) is 3.26. The van der Waals surface area contributed by atoms with Crippen LogP contribution in [0.3, 0.4) is 0 Å². The lowest BCUT2D eigenvalue weighted by Crippen LogP contribution is -2.33. The molecule has 0 radical (unpaired) electrons. The summed E-state index contributed by atoms with van der Waals surface area (Å²) in [7, 11) is -4.28. The van der Waals surface area contributed by atoms with Gasteiger partial charge in [-0.05, 0) is 37.6 Å². The van der Waals surface area contributed by atoms with Gasteiger partial charge in [-0.2, -0.15) is 0 Å². The molecule has 8 heteroatoms. The van der Waals surface area contributed by atoms with E-state index in [9.17, 15) is 21.6 Å². The van der Waals surface area contributed by atoms with Gasteiger partial charge < -0.3 is 4.42 Å². The lowest BCUT2D eigenvalue weighted by molar-refractivity contribution is 0.430. The third-order valence-corrected chi connectivity index (χ3v) is 4.66. The Bertz CT molecular complexity index is 745. The van der Waals surface area contributed by atoms with Crippen molar-refractivity contribution >= 4 is 10.0 Å². The molecule has 4 nitrogen and oxygen atoms in total. The topological polar surface area (TPSA) is 59.3 Å². The van der Waals surface area contributed by atoms with Gasteiger partial charge in [-0.15, -0.1) is 0 Å². The van der Waals surface area contributed by atoms with Crippen LogP contribution in [-0.2, 0) is 16.4 Å². The van der Waals surface area contributed by atoms with Crippen molar-refractivity contribution in [3.05, 3.63) is 53.7 Å². The van der Waals surface area contributed by atoms with Crippen LogP contribution in [0, 0.1) is 17.5 Å². The molecule has 1 N–H and O–H groups in total. The smallest absolute Gasteiger partial charge is 0.243 e. The van der Waals surface area contributed by atoms with Crippen molar-refractivity contribution in [3.8, 4) is 0 Å². The Balaban J connectivity index is 2.09. The van der Waals surface area contributed by atoms with Gasteiger partial charge in [0.15, 0.2) is 17.5 Å². The average molecular weight is 333 g/mol. The first kappa shape index (κ1) is 16.6. The van der Waals surface area contributed by atoms with E-state index in [1.165, 1.54) is 6.26 Å². The van der Waals surface area contributed by atoms with Crippen LogP contribution in [0.5, 0.6) is 0 Å². The van der Waals surface area contributed by atoms with Crippen LogP contribution in [0.2, 0.25) is 0 Å². The van der Waals surface area contributed by atoms with Gasteiger partial charge in [-0.1, -0.05) is 0 Å². The fourth-order valence-electron chi connectivity index (χ4n) is 1.92. The number of hydrogen-bond acceptors (Lipinski definition) is 3. The van der Waals surface area contributed by atoms with Crippen LogP contribution in [0.15, 0.2) is 39.8 Å². The second-order valence-electron chi connectivity index (χ2n) is 4.81. The Morgan fingerprint density at radius 2 is 1.91 bits per heavy atom. The molecule has 0 saturated carbocycles. The maximum atomic E-state index is 13.6. The summed E-state index contributed by atoms with van der Waals surface area (Å²) in [5.74, 6) is -4.30. The van der Waals surface area contributed by atoms with Gasteiger partial charge in [0, 0.05) is 12.5 Å². The van der Waals surface area contributed by atoms with Crippen molar-refractivity contribution in [2.24, 2.45) is 0 Å². The van der Waals surface area contributed by atoms with Gasteiger partial charge in [0.25, 0.3) is 0 Å². The summed E-state index contributed by atoms with van der Waals surface area (Å²) in [5, 5.41) is 0. The highest BCUT2D eigenvalue weighted by Crippen LogP contribution is 2.20. The number of sulfonamides is 1. The molecule has 0 amide bonds. The molecular formula is C14H14F3NO3S. The van der Waals surface area contributed by atoms with Crippen LogP contribution in [0.25, 0.3) is 0 Å². The first-order chi connectivity index (χ1) is 10.3. The van der Waals surface area contributed by atoms with E-state index in [1.54, 1.807) is 19.1 Å². The Morgan fingerprint density at radius 3 is 2.55 bits per heavy atom. The fraction of sp³-hybridized carbons (Fsp3) is 0.286. The number of nitrogens with one attached hydrogen (secondary N) is 1. The van der Waals surface area contributed by atoms with Crippen LogP contribution < -0.4 is 4.72 Å². The largest absolute Gasteiger partial charge is 0.469 e. The maximum Gasteiger partial charge on any atom is 0.243 e. The summed E-state index contributed by atoms with van der Waals surface area (Å²) >= 11 is 0. The highest BCUT2D eigenvalue weighted by molar-refractivity contribution is 7.89. The zero-order valence-electron chi connectivity index (χ0n) is 11.6. The van der Waals surface area contributed by atoms with Crippen molar-refractivity contribution in [1.82, 2.24) is 4.72 Å². The summed E-state index contributed by atoms with van der Waals surface area (Å²) < 4.78 is 70.9. The predicted octanol–water partition coefficient (Wildman–Crippen LogP) is 3.00. The monoisotopic (exact) mass is 333 g/mol. The highest BCUT2D eigenvalue weighted by atomic mass is 32.2. The Hall–Kier alpha value is -1.80. The van der Waals surface area contributed by atoms with Gasteiger partial charge in [-0.25, -0.2) is 26.3 Å². The van der Waals surface area contributed by atoms with Crippen LogP contribution in [-0.4, -0.2) is 14.5 Å². The second kappa shape index (κ2) is 6.53. The van der Waals surface area contributed by atoms with E-state index in [1.807, 2.05) is 0 Å². The number of rotatable bonds is 6. The Morgan fingerprint density at radius 1 is 1.18 bits per heavy atom. The van der Waals surface area contributed by atoms with Gasteiger partial charge in [0.1, 0.15) is 10.7 Å². The lowest BCUT2D eigenvalue weighted by Gasteiger charge is -2.14. The average Bonchev–Trinajstić information content (AvgIpc) is 2.95. The number of benzene rings is 1. The second-order valence-corrected chi connectivity index (χ2v) is 6.50. The lowest BCUT2D eigenvalue weighted by atomic mass is 10.2. The molecule has 120 valence electrons. The first-order valence-electron chi connectivity index (χ1n) is 6.49. The number of halogens is 3. The normalized spacial score (nSPS) is 13.3. The van der Waals surface area contributed by atoms with Gasteiger partial charge in [-0.3, -0.25) is 0 Å². The third-order valence-electron chi connectivity index (χ3n) is 3.05. The summed E-state index contributed by atoms with van der Waals surface area (Å²) in [4.78, 5) is -0.920. The van der Waals surface area contributed by atoms with Gasteiger partial charge in [0.05, 0.1) is 6.26 Å². The molecule has 0 aliphatic rings. The molecule has 2 aromatic rings. The Labute approximate surface area is 126 Å². The van der Waals surface area contributed by atoms with Crippen molar-refractivity contribution in [2.45, 2.75) is 30.7 Å². The predicted molar refractivity (Wildman–Crippen MR) is 73.1 cm³/mol. The van der Waals surface area contributed by atoms with E-state index < -0.39 is 38.4 Å². The zero-order chi connectivity index (χ0) is 16.3. The van der Waals surface area contributed by atoms with Gasteiger partial charge in [0.2, 0.25) is 10.0 Å². The van der Waals surface area contributed by atoms with E-state index in [0.29, 0.717) is 30.7 Å². The first-order valence-corrected chi connectivity index (χ1v) is 7.98. The minimum absolute atomic E-state index is 0.401. The van der Waals surface area contributed by atoms with Gasteiger partial charge >= 0.3 is 0 Å². The third kappa shape index (κ3) is 3.69. The molecule has 0 saturated heterocycles. The minimum Gasteiger partial charge on any atom is -0.469 e. The Kier molecular flexibility index (Phi) is 4.92. The summed E-state index contributed by atoms with van der Waals surface area (Å²) in [5.41, 5.74) is 0. The van der Waals surface area contributed by atoms with Crippen LogP contribution >= 0.6 is 0 Å². The van der Waals surface area contributed by atoms with Crippen molar-refractivity contribution in [1.29, 1.82) is 0 Å². The number of aryl methyl sites for hydroxylation is 1. The quantitative estimate of drug-likeness (QED) is 0.827. The minimum atomic E-state index is -4.28. The number of hydrogen-bond donors (Lipinski definition) is 1. The molecule has 1 aromatic carbocycles. The van der Waals surface area contributed by atoms with Crippen molar-refractivity contribution < 1.29 is 26.0 Å². The highest BCUT2D eigenvalue weighted by Gasteiger charge is 2.25. The van der Waals surface area contributed by atoms with E-state index in [0.717, 1.165) is 0 Å². The standard InChI is InChI=1S/C14H14F3NO3S/c1-9(4-5-10-3-2-8-21-10)18-22(19,20)12-7-6-11(15)13(16)14(12)17/h2-3,6-9,18H,4-5H2,1H3. The van der Waals surface area contributed by atoms with E-state index >= 15 is 0 Å². The van der Waals surface area contributed by atoms with E-state index in [2.05, 4.69) is 4.72 Å². The molecule has 22 heavy (non-hydrogen) atoms. The molecule has 0 fully saturated rings.